The van der Waals surface area contributed by atoms with Crippen molar-refractivity contribution in [3.63, 3.8) is 0 Å². The Balaban J connectivity index is 3.22. The second kappa shape index (κ2) is 4.60. The van der Waals surface area contributed by atoms with E-state index in [0.29, 0.717) is 0 Å². The number of amides is 1. The average molecular weight is 242 g/mol. The Morgan fingerprint density at radius 3 is 2.71 bits per heavy atom. The van der Waals surface area contributed by atoms with Crippen LogP contribution >= 0.6 is 0 Å². The lowest BCUT2D eigenvalue weighted by molar-refractivity contribution is -0.386. The van der Waals surface area contributed by atoms with Crippen LogP contribution in [0.15, 0.2) is 15.8 Å². The van der Waals surface area contributed by atoms with Crippen LogP contribution in [0.4, 0.5) is 5.69 Å². The first kappa shape index (κ1) is 12.6. The number of carbonyl (C=O) groups is 1. The fraction of sp³-hybridized carbons (Fsp3) is 0.375. The number of carbonyl (C=O) groups excluding carboxylic acids is 1. The van der Waals surface area contributed by atoms with Gasteiger partial charge in [-0.2, -0.15) is 0 Å². The molecule has 0 spiro atoms. The molecule has 1 aromatic rings. The van der Waals surface area contributed by atoms with E-state index in [1.54, 1.807) is 4.98 Å². The number of nitrogens with zero attached hydrogens (tertiary/aromatic N) is 2. The Labute approximate surface area is 94.0 Å². The zero-order chi connectivity index (χ0) is 13.2. The molecule has 0 aliphatic heterocycles. The highest BCUT2D eigenvalue weighted by Crippen LogP contribution is 2.02. The number of aromatic amines is 1. The molecule has 92 valence electrons. The summed E-state index contributed by atoms with van der Waals surface area (Å²) in [6.45, 7) is 1.33. The Bertz CT molecular complexity index is 572. The molecule has 17 heavy (non-hydrogen) atoms. The van der Waals surface area contributed by atoms with Gasteiger partial charge in [0.1, 0.15) is 0 Å². The summed E-state index contributed by atoms with van der Waals surface area (Å²) in [6.07, 6.45) is 0.792. The zero-order valence-electron chi connectivity index (χ0n) is 8.87. The lowest BCUT2D eigenvalue weighted by Gasteiger charge is -2.08. The van der Waals surface area contributed by atoms with E-state index in [1.165, 1.54) is 6.92 Å². The number of primary amides is 1. The third kappa shape index (κ3) is 2.77. The fourth-order valence-corrected chi connectivity index (χ4v) is 1.15. The van der Waals surface area contributed by atoms with Gasteiger partial charge in [-0.3, -0.25) is 29.3 Å². The van der Waals surface area contributed by atoms with E-state index in [2.05, 4.69) is 0 Å². The molecule has 1 unspecified atom stereocenters. The van der Waals surface area contributed by atoms with E-state index in [0.717, 1.165) is 10.8 Å². The standard InChI is InChI=1S/C8H10N4O5/c1-4(6(9)13)2-11-3-5(12(16)17)7(14)10-8(11)15/h3-4H,2H2,1H3,(H2,9,13)(H,10,14,15). The van der Waals surface area contributed by atoms with Gasteiger partial charge in [0, 0.05) is 6.54 Å². The number of H-pyrrole nitrogens is 1. The summed E-state index contributed by atoms with van der Waals surface area (Å²) >= 11 is 0. The maximum absolute atomic E-state index is 11.3. The Morgan fingerprint density at radius 2 is 2.24 bits per heavy atom. The molecule has 0 aliphatic rings. The highest BCUT2D eigenvalue weighted by atomic mass is 16.6. The molecule has 9 heteroatoms. The van der Waals surface area contributed by atoms with Crippen molar-refractivity contribution < 1.29 is 9.72 Å². The molecule has 1 rings (SSSR count). The van der Waals surface area contributed by atoms with Gasteiger partial charge in [0.2, 0.25) is 5.91 Å². The Hall–Kier alpha value is -2.45. The predicted octanol–water partition coefficient (Wildman–Crippen LogP) is -1.43. The van der Waals surface area contributed by atoms with Gasteiger partial charge in [-0.15, -0.1) is 0 Å². The molecule has 0 saturated heterocycles. The summed E-state index contributed by atoms with van der Waals surface area (Å²) in [5.74, 6) is -1.33. The monoisotopic (exact) mass is 242 g/mol. The van der Waals surface area contributed by atoms with Crippen LogP contribution in [0.2, 0.25) is 0 Å². The van der Waals surface area contributed by atoms with Crippen molar-refractivity contribution in [3.8, 4) is 0 Å². The lowest BCUT2D eigenvalue weighted by atomic mass is 10.2. The Kier molecular flexibility index (Phi) is 3.41. The number of nitro groups is 1. The second-order valence-corrected chi connectivity index (χ2v) is 3.49. The molecule has 1 atom stereocenters. The summed E-state index contributed by atoms with van der Waals surface area (Å²) in [7, 11) is 0. The van der Waals surface area contributed by atoms with Gasteiger partial charge in [-0.25, -0.2) is 4.79 Å². The van der Waals surface area contributed by atoms with Gasteiger partial charge < -0.3 is 5.73 Å². The van der Waals surface area contributed by atoms with E-state index in [9.17, 15) is 24.5 Å². The van der Waals surface area contributed by atoms with Crippen molar-refractivity contribution in [1.82, 2.24) is 9.55 Å². The molecular weight excluding hydrogens is 232 g/mol. The minimum atomic E-state index is -1.08. The van der Waals surface area contributed by atoms with E-state index in [-0.39, 0.29) is 6.54 Å². The lowest BCUT2D eigenvalue weighted by Crippen LogP contribution is -2.34. The molecule has 0 saturated carbocycles. The van der Waals surface area contributed by atoms with Gasteiger partial charge >= 0.3 is 16.9 Å². The van der Waals surface area contributed by atoms with Crippen molar-refractivity contribution in [3.05, 3.63) is 37.1 Å². The first-order chi connectivity index (χ1) is 7.82. The van der Waals surface area contributed by atoms with Crippen LogP contribution in [0.25, 0.3) is 0 Å². The molecule has 9 nitrogen and oxygen atoms in total. The second-order valence-electron chi connectivity index (χ2n) is 3.49. The molecule has 1 amide bonds. The van der Waals surface area contributed by atoms with Crippen molar-refractivity contribution in [2.24, 2.45) is 11.7 Å². The van der Waals surface area contributed by atoms with Gasteiger partial charge in [0.25, 0.3) is 0 Å². The fourth-order valence-electron chi connectivity index (χ4n) is 1.15. The largest absolute Gasteiger partial charge is 0.369 e. The SMILES string of the molecule is CC(Cn1cc([N+](=O)[O-])c(=O)[nH]c1=O)C(N)=O. The third-order valence-electron chi connectivity index (χ3n) is 2.15. The van der Waals surface area contributed by atoms with Gasteiger partial charge in [0.15, 0.2) is 0 Å². The molecule has 3 N–H and O–H groups in total. The molecule has 0 aliphatic carbocycles. The summed E-state index contributed by atoms with van der Waals surface area (Å²) in [5.41, 5.74) is 2.33. The van der Waals surface area contributed by atoms with Crippen molar-refractivity contribution in [1.29, 1.82) is 0 Å². The third-order valence-corrected chi connectivity index (χ3v) is 2.15. The molecule has 0 radical (unpaired) electrons. The molecule has 1 aromatic heterocycles. The van der Waals surface area contributed by atoms with Crippen LogP contribution in [0.5, 0.6) is 0 Å². The van der Waals surface area contributed by atoms with Crippen molar-refractivity contribution in [2.45, 2.75) is 13.5 Å². The van der Waals surface area contributed by atoms with E-state index in [4.69, 9.17) is 5.73 Å². The first-order valence-corrected chi connectivity index (χ1v) is 4.60. The summed E-state index contributed by atoms with van der Waals surface area (Å²) in [5, 5.41) is 10.5. The maximum atomic E-state index is 11.3. The number of aromatic nitrogens is 2. The Morgan fingerprint density at radius 1 is 1.65 bits per heavy atom. The zero-order valence-corrected chi connectivity index (χ0v) is 8.87. The predicted molar refractivity (Wildman–Crippen MR) is 56.3 cm³/mol. The average Bonchev–Trinajstić information content (AvgIpc) is 2.21. The molecule has 0 bridgehead atoms. The molecule has 0 fully saturated rings. The highest BCUT2D eigenvalue weighted by molar-refractivity contribution is 5.76. The van der Waals surface area contributed by atoms with Gasteiger partial charge in [-0.05, 0) is 0 Å². The quantitative estimate of drug-likeness (QED) is 0.491. The van der Waals surface area contributed by atoms with E-state index >= 15 is 0 Å². The van der Waals surface area contributed by atoms with Crippen LogP contribution in [0.1, 0.15) is 6.92 Å². The van der Waals surface area contributed by atoms with E-state index in [1.807, 2.05) is 0 Å². The summed E-state index contributed by atoms with van der Waals surface area (Å²) in [4.78, 5) is 44.5. The molecular formula is C8H10N4O5. The van der Waals surface area contributed by atoms with Crippen LogP contribution in [-0.4, -0.2) is 20.4 Å². The topological polar surface area (TPSA) is 141 Å². The number of hydrogen-bond donors (Lipinski definition) is 2. The summed E-state index contributed by atoms with van der Waals surface area (Å²) < 4.78 is 0.870. The normalized spacial score (nSPS) is 12.1. The van der Waals surface area contributed by atoms with Crippen LogP contribution in [0.3, 0.4) is 0 Å². The number of rotatable bonds is 4. The minimum Gasteiger partial charge on any atom is -0.369 e. The number of hydrogen-bond acceptors (Lipinski definition) is 5. The van der Waals surface area contributed by atoms with Crippen LogP contribution in [0, 0.1) is 16.0 Å². The van der Waals surface area contributed by atoms with Crippen molar-refractivity contribution >= 4 is 11.6 Å². The highest BCUT2D eigenvalue weighted by Gasteiger charge is 2.17. The first-order valence-electron chi connectivity index (χ1n) is 4.60. The molecule has 1 heterocycles. The smallest absolute Gasteiger partial charge is 0.350 e. The number of nitrogens with two attached hydrogens (primary N) is 1. The maximum Gasteiger partial charge on any atom is 0.350 e. The van der Waals surface area contributed by atoms with Gasteiger partial charge in [0.05, 0.1) is 17.0 Å². The van der Waals surface area contributed by atoms with Crippen LogP contribution < -0.4 is 17.0 Å². The van der Waals surface area contributed by atoms with Crippen molar-refractivity contribution in [2.75, 3.05) is 0 Å². The molecule has 0 aromatic carbocycles. The van der Waals surface area contributed by atoms with Gasteiger partial charge in [-0.1, -0.05) is 6.92 Å². The minimum absolute atomic E-state index is 0.133. The van der Waals surface area contributed by atoms with Crippen LogP contribution in [-0.2, 0) is 11.3 Å². The number of nitrogens with one attached hydrogen (secondary N) is 1. The summed E-state index contributed by atoms with van der Waals surface area (Å²) in [6, 6.07) is 0. The van der Waals surface area contributed by atoms with E-state index < -0.39 is 33.7 Å².